The predicted octanol–water partition coefficient (Wildman–Crippen LogP) is 0.918. The Bertz CT molecular complexity index is 1120. The molecule has 1 aromatic heterocycles. The fourth-order valence-corrected chi connectivity index (χ4v) is 3.54. The molecule has 0 spiro atoms. The Hall–Kier alpha value is -3.78. The van der Waals surface area contributed by atoms with Gasteiger partial charge in [0.2, 0.25) is 0 Å². The zero-order valence-electron chi connectivity index (χ0n) is 16.1. The monoisotopic (exact) mass is 411 g/mol. The van der Waals surface area contributed by atoms with Crippen LogP contribution in [0.4, 0.5) is 14.9 Å². The summed E-state index contributed by atoms with van der Waals surface area (Å²) in [6, 6.07) is 5.06. The van der Waals surface area contributed by atoms with Crippen molar-refractivity contribution in [3.8, 4) is 6.07 Å². The Balaban J connectivity index is 1.57. The molecular weight excluding hydrogens is 393 g/mol. The number of nitriles is 1. The van der Waals surface area contributed by atoms with Crippen molar-refractivity contribution in [3.63, 3.8) is 0 Å². The third-order valence-electron chi connectivity index (χ3n) is 5.03. The molecule has 10 nitrogen and oxygen atoms in total. The summed E-state index contributed by atoms with van der Waals surface area (Å²) < 4.78 is 15.0. The summed E-state index contributed by atoms with van der Waals surface area (Å²) in [5.74, 6) is -1.03. The molecule has 2 aromatic rings. The van der Waals surface area contributed by atoms with Gasteiger partial charge in [0, 0.05) is 31.3 Å². The number of hydrazone groups is 1. The fraction of sp³-hybridized carbons (Fsp3) is 0.316. The number of nitrogens with one attached hydrogen (secondary N) is 1. The molecule has 0 saturated carbocycles. The molecule has 0 fully saturated rings. The maximum absolute atomic E-state index is 13.5. The van der Waals surface area contributed by atoms with Crippen molar-refractivity contribution in [1.82, 2.24) is 19.7 Å². The maximum atomic E-state index is 13.5. The number of hydrogen-bond donors (Lipinski definition) is 2. The molecule has 11 heteroatoms. The number of carbonyl (C=O) groups excluding carboxylic acids is 2. The minimum absolute atomic E-state index is 0.163. The van der Waals surface area contributed by atoms with Gasteiger partial charge in [0.25, 0.3) is 5.91 Å². The topological polar surface area (TPSA) is 127 Å². The van der Waals surface area contributed by atoms with Crippen molar-refractivity contribution in [3.05, 3.63) is 46.5 Å². The number of aliphatic hydroxyl groups excluding tert-OH is 1. The molecule has 3 heterocycles. The highest BCUT2D eigenvalue weighted by molar-refractivity contribution is 5.98. The smallest absolute Gasteiger partial charge is 0.322 e. The van der Waals surface area contributed by atoms with Crippen LogP contribution in [0.2, 0.25) is 0 Å². The summed E-state index contributed by atoms with van der Waals surface area (Å²) in [6.07, 6.45) is 0.457. The SMILES string of the molecule is CN1N=C(CO)Cn2nc3c(c2C1=O)CN(C(=O)Nc1ccc(F)c(C#N)c1)CC3. The molecule has 0 atom stereocenters. The van der Waals surface area contributed by atoms with Crippen LogP contribution in [0, 0.1) is 17.1 Å². The van der Waals surface area contributed by atoms with Gasteiger partial charge in [-0.25, -0.2) is 14.2 Å². The highest BCUT2D eigenvalue weighted by atomic mass is 19.1. The van der Waals surface area contributed by atoms with Gasteiger partial charge in [0.05, 0.1) is 36.7 Å². The zero-order valence-corrected chi connectivity index (χ0v) is 16.1. The second-order valence-electron chi connectivity index (χ2n) is 6.99. The molecule has 30 heavy (non-hydrogen) atoms. The van der Waals surface area contributed by atoms with Crippen LogP contribution >= 0.6 is 0 Å². The van der Waals surface area contributed by atoms with Gasteiger partial charge in [0.15, 0.2) is 0 Å². The molecule has 154 valence electrons. The molecule has 1 aromatic carbocycles. The van der Waals surface area contributed by atoms with E-state index in [1.54, 1.807) is 6.07 Å². The molecule has 0 saturated heterocycles. The molecule has 0 bridgehead atoms. The average Bonchev–Trinajstić information content (AvgIpc) is 3.04. The van der Waals surface area contributed by atoms with Crippen LogP contribution in [0.25, 0.3) is 0 Å². The van der Waals surface area contributed by atoms with Gasteiger partial charge >= 0.3 is 6.03 Å². The van der Waals surface area contributed by atoms with E-state index in [1.807, 2.05) is 0 Å². The van der Waals surface area contributed by atoms with E-state index in [0.29, 0.717) is 35.6 Å². The van der Waals surface area contributed by atoms with Gasteiger partial charge in [-0.3, -0.25) is 9.48 Å². The van der Waals surface area contributed by atoms with Crippen LogP contribution in [0.5, 0.6) is 0 Å². The number of urea groups is 1. The second kappa shape index (κ2) is 7.57. The van der Waals surface area contributed by atoms with Crippen molar-refractivity contribution in [2.24, 2.45) is 5.10 Å². The Morgan fingerprint density at radius 3 is 2.93 bits per heavy atom. The Kier molecular flexibility index (Phi) is 4.93. The number of halogens is 1. The number of rotatable bonds is 2. The quantitative estimate of drug-likeness (QED) is 0.760. The Morgan fingerprint density at radius 2 is 2.20 bits per heavy atom. The lowest BCUT2D eigenvalue weighted by Gasteiger charge is -2.27. The van der Waals surface area contributed by atoms with Crippen molar-refractivity contribution >= 4 is 23.3 Å². The number of amides is 3. The van der Waals surface area contributed by atoms with Crippen LogP contribution < -0.4 is 5.32 Å². The summed E-state index contributed by atoms with van der Waals surface area (Å²) in [4.78, 5) is 27.0. The summed E-state index contributed by atoms with van der Waals surface area (Å²) in [6.45, 7) is 0.440. The predicted molar refractivity (Wildman–Crippen MR) is 103 cm³/mol. The first kappa shape index (κ1) is 19.5. The molecule has 0 aliphatic carbocycles. The van der Waals surface area contributed by atoms with Crippen molar-refractivity contribution < 1.29 is 19.1 Å². The fourth-order valence-electron chi connectivity index (χ4n) is 3.54. The van der Waals surface area contributed by atoms with E-state index in [4.69, 9.17) is 5.26 Å². The minimum atomic E-state index is -0.659. The van der Waals surface area contributed by atoms with Gasteiger partial charge < -0.3 is 15.3 Å². The van der Waals surface area contributed by atoms with E-state index in [9.17, 15) is 19.1 Å². The van der Waals surface area contributed by atoms with Crippen LogP contribution in [0.1, 0.15) is 27.3 Å². The molecule has 2 N–H and O–H groups in total. The first-order valence-electron chi connectivity index (χ1n) is 9.20. The van der Waals surface area contributed by atoms with E-state index in [2.05, 4.69) is 15.5 Å². The first-order valence-corrected chi connectivity index (χ1v) is 9.20. The van der Waals surface area contributed by atoms with E-state index in [-0.39, 0.29) is 31.2 Å². The van der Waals surface area contributed by atoms with E-state index >= 15 is 0 Å². The van der Waals surface area contributed by atoms with E-state index < -0.39 is 11.8 Å². The van der Waals surface area contributed by atoms with E-state index in [0.717, 1.165) is 16.8 Å². The third kappa shape index (κ3) is 3.37. The molecule has 4 rings (SSSR count). The molecule has 3 amide bonds. The number of anilines is 1. The Labute approximate surface area is 170 Å². The number of fused-ring (bicyclic) bond motifs is 3. The van der Waals surface area contributed by atoms with Crippen molar-refractivity contribution in [1.29, 1.82) is 5.26 Å². The first-order chi connectivity index (χ1) is 14.4. The van der Waals surface area contributed by atoms with Crippen LogP contribution in [-0.2, 0) is 19.5 Å². The second-order valence-corrected chi connectivity index (χ2v) is 6.99. The highest BCUT2D eigenvalue weighted by Gasteiger charge is 2.33. The third-order valence-corrected chi connectivity index (χ3v) is 5.03. The van der Waals surface area contributed by atoms with Gasteiger partial charge in [-0.1, -0.05) is 0 Å². The molecule has 2 aliphatic heterocycles. The van der Waals surface area contributed by atoms with E-state index in [1.165, 1.54) is 28.8 Å². The van der Waals surface area contributed by atoms with Crippen molar-refractivity contribution in [2.45, 2.75) is 19.5 Å². The molecular formula is C19H18FN7O3. The lowest BCUT2D eigenvalue weighted by atomic mass is 10.0. The summed E-state index contributed by atoms with van der Waals surface area (Å²) in [7, 11) is 1.50. The van der Waals surface area contributed by atoms with Gasteiger partial charge in [-0.2, -0.15) is 15.5 Å². The highest BCUT2D eigenvalue weighted by Crippen LogP contribution is 2.26. The maximum Gasteiger partial charge on any atom is 0.322 e. The lowest BCUT2D eigenvalue weighted by Crippen LogP contribution is -2.39. The van der Waals surface area contributed by atoms with Gasteiger partial charge in [-0.15, -0.1) is 0 Å². The number of aromatic nitrogens is 2. The number of nitrogens with zero attached hydrogens (tertiary/aromatic N) is 6. The molecule has 0 unspecified atom stereocenters. The Morgan fingerprint density at radius 1 is 1.40 bits per heavy atom. The minimum Gasteiger partial charge on any atom is -0.390 e. The lowest BCUT2D eigenvalue weighted by molar-refractivity contribution is 0.0790. The summed E-state index contributed by atoms with van der Waals surface area (Å²) in [5.41, 5.74) is 2.25. The summed E-state index contributed by atoms with van der Waals surface area (Å²) >= 11 is 0. The standard InChI is InChI=1S/C19H18FN7O3/c1-25-18(29)17-14-9-26(5-4-16(14)24-27(17)8-13(10-28)23-25)19(30)22-12-2-3-15(20)11(6-12)7-21/h2-3,6,28H,4-5,8-10H2,1H3,(H,22,30). The number of carbonyl (C=O) groups is 2. The molecule has 0 radical (unpaired) electrons. The van der Waals surface area contributed by atoms with Crippen molar-refractivity contribution in [2.75, 3.05) is 25.5 Å². The van der Waals surface area contributed by atoms with Gasteiger partial charge in [-0.05, 0) is 18.2 Å². The zero-order chi connectivity index (χ0) is 21.4. The van der Waals surface area contributed by atoms with Gasteiger partial charge in [0.1, 0.15) is 17.6 Å². The van der Waals surface area contributed by atoms with Crippen LogP contribution in [0.3, 0.4) is 0 Å². The van der Waals surface area contributed by atoms with Crippen LogP contribution in [0.15, 0.2) is 23.3 Å². The normalized spacial score (nSPS) is 15.7. The number of hydrogen-bond acceptors (Lipinski definition) is 6. The number of aliphatic hydroxyl groups is 1. The van der Waals surface area contributed by atoms with Crippen LogP contribution in [-0.4, -0.2) is 62.6 Å². The largest absolute Gasteiger partial charge is 0.390 e. The summed E-state index contributed by atoms with van der Waals surface area (Å²) in [5, 5.41) is 30.8. The molecule has 2 aliphatic rings. The number of benzene rings is 1. The average molecular weight is 411 g/mol.